The highest BCUT2D eigenvalue weighted by molar-refractivity contribution is 5.82. The molecule has 0 spiro atoms. The van der Waals surface area contributed by atoms with Crippen LogP contribution in [0.5, 0.6) is 0 Å². The van der Waals surface area contributed by atoms with Gasteiger partial charge >= 0.3 is 6.09 Å². The van der Waals surface area contributed by atoms with Crippen LogP contribution in [0.15, 0.2) is 18.3 Å². The van der Waals surface area contributed by atoms with Gasteiger partial charge in [0.25, 0.3) is 0 Å². The molecule has 0 aromatic carbocycles. The Labute approximate surface area is 172 Å². The summed E-state index contributed by atoms with van der Waals surface area (Å²) in [5, 5.41) is 5.44. The lowest BCUT2D eigenvalue weighted by Gasteiger charge is -2.32. The number of carbonyl (C=O) groups excluding carboxylic acids is 3. The predicted octanol–water partition coefficient (Wildman–Crippen LogP) is 1.81. The molecule has 1 aromatic rings. The number of amides is 3. The molecule has 8 heteroatoms. The van der Waals surface area contributed by atoms with Crippen LogP contribution < -0.4 is 10.6 Å². The van der Waals surface area contributed by atoms with Crippen LogP contribution in [0.3, 0.4) is 0 Å². The third kappa shape index (κ3) is 8.09. The Bertz CT molecular complexity index is 712. The fourth-order valence-electron chi connectivity index (χ4n) is 3.12. The number of hydrogen-bond donors (Lipinski definition) is 2. The van der Waals surface area contributed by atoms with Gasteiger partial charge in [0, 0.05) is 38.1 Å². The zero-order chi connectivity index (χ0) is 21.4. The van der Waals surface area contributed by atoms with E-state index >= 15 is 0 Å². The monoisotopic (exact) mass is 404 g/mol. The van der Waals surface area contributed by atoms with Crippen LogP contribution in [0.25, 0.3) is 0 Å². The Morgan fingerprint density at radius 2 is 1.93 bits per heavy atom. The minimum atomic E-state index is -0.555. The molecule has 160 valence electrons. The molecular weight excluding hydrogens is 372 g/mol. The maximum Gasteiger partial charge on any atom is 0.407 e. The molecule has 1 aliphatic heterocycles. The number of piperidine rings is 1. The number of rotatable bonds is 6. The SMILES string of the molecule is Cc1ccc(CC(=O)N2CCCC(C(=O)NCCNC(=O)OC(C)(C)C)C2)cn1. The van der Waals surface area contributed by atoms with Crippen molar-refractivity contribution in [1.82, 2.24) is 20.5 Å². The lowest BCUT2D eigenvalue weighted by atomic mass is 9.96. The Kier molecular flexibility index (Phi) is 7.99. The number of aromatic nitrogens is 1. The minimum absolute atomic E-state index is 0.0137. The summed E-state index contributed by atoms with van der Waals surface area (Å²) in [6.07, 6.45) is 3.06. The van der Waals surface area contributed by atoms with Crippen LogP contribution >= 0.6 is 0 Å². The second-order valence-corrected chi connectivity index (χ2v) is 8.38. The van der Waals surface area contributed by atoms with Crippen molar-refractivity contribution in [2.24, 2.45) is 5.92 Å². The average Bonchev–Trinajstić information content (AvgIpc) is 2.65. The smallest absolute Gasteiger partial charge is 0.407 e. The number of hydrogen-bond acceptors (Lipinski definition) is 5. The maximum atomic E-state index is 12.6. The quantitative estimate of drug-likeness (QED) is 0.705. The summed E-state index contributed by atoms with van der Waals surface area (Å²) in [5.41, 5.74) is 1.23. The van der Waals surface area contributed by atoms with Crippen LogP contribution in [0.1, 0.15) is 44.9 Å². The first-order valence-corrected chi connectivity index (χ1v) is 10.1. The van der Waals surface area contributed by atoms with E-state index in [0.717, 1.165) is 24.1 Å². The number of nitrogens with one attached hydrogen (secondary N) is 2. The predicted molar refractivity (Wildman–Crippen MR) is 109 cm³/mol. The molecule has 8 nitrogen and oxygen atoms in total. The summed E-state index contributed by atoms with van der Waals surface area (Å²) >= 11 is 0. The van der Waals surface area contributed by atoms with Crippen molar-refractivity contribution in [2.75, 3.05) is 26.2 Å². The summed E-state index contributed by atoms with van der Waals surface area (Å²) in [6.45, 7) is 8.97. The standard InChI is InChI=1S/C21H32N4O4/c1-15-7-8-16(13-24-15)12-18(26)25-11-5-6-17(14-25)19(27)22-9-10-23-20(28)29-21(2,3)4/h7-8,13,17H,5-6,9-12,14H2,1-4H3,(H,22,27)(H,23,28). The fraction of sp³-hybridized carbons (Fsp3) is 0.619. The van der Waals surface area contributed by atoms with E-state index in [1.807, 2.05) is 19.1 Å². The molecule has 1 aromatic heterocycles. The van der Waals surface area contributed by atoms with Crippen LogP contribution in [0.2, 0.25) is 0 Å². The number of nitrogens with zero attached hydrogens (tertiary/aromatic N) is 2. The first-order valence-electron chi connectivity index (χ1n) is 10.1. The summed E-state index contributed by atoms with van der Waals surface area (Å²) < 4.78 is 5.15. The van der Waals surface area contributed by atoms with Crippen molar-refractivity contribution in [3.8, 4) is 0 Å². The maximum absolute atomic E-state index is 12.6. The molecule has 2 rings (SSSR count). The van der Waals surface area contributed by atoms with Gasteiger partial charge in [0.15, 0.2) is 0 Å². The molecule has 0 aliphatic carbocycles. The van der Waals surface area contributed by atoms with E-state index in [2.05, 4.69) is 15.6 Å². The Hall–Kier alpha value is -2.64. The van der Waals surface area contributed by atoms with Crippen molar-refractivity contribution >= 4 is 17.9 Å². The number of ether oxygens (including phenoxy) is 1. The first-order chi connectivity index (χ1) is 13.6. The Balaban J connectivity index is 1.73. The van der Waals surface area contributed by atoms with Gasteiger partial charge in [-0.2, -0.15) is 0 Å². The lowest BCUT2D eigenvalue weighted by molar-refractivity contribution is -0.135. The van der Waals surface area contributed by atoms with Crippen LogP contribution in [-0.4, -0.2) is 59.6 Å². The van der Waals surface area contributed by atoms with Gasteiger partial charge in [-0.05, 0) is 52.2 Å². The second-order valence-electron chi connectivity index (χ2n) is 8.38. The van der Waals surface area contributed by atoms with Crippen LogP contribution in [0.4, 0.5) is 4.79 Å². The van der Waals surface area contributed by atoms with Gasteiger partial charge in [0.2, 0.25) is 11.8 Å². The van der Waals surface area contributed by atoms with Crippen molar-refractivity contribution < 1.29 is 19.1 Å². The summed E-state index contributed by atoms with van der Waals surface area (Å²) in [6, 6.07) is 3.80. The first kappa shape index (κ1) is 22.6. The Morgan fingerprint density at radius 3 is 2.59 bits per heavy atom. The van der Waals surface area contributed by atoms with Gasteiger partial charge in [-0.25, -0.2) is 4.79 Å². The van der Waals surface area contributed by atoms with E-state index in [-0.39, 0.29) is 24.3 Å². The van der Waals surface area contributed by atoms with E-state index in [4.69, 9.17) is 4.74 Å². The number of aryl methyl sites for hydroxylation is 1. The largest absolute Gasteiger partial charge is 0.444 e. The molecule has 1 aliphatic rings. The summed E-state index contributed by atoms with van der Waals surface area (Å²) in [4.78, 5) is 42.6. The molecule has 1 unspecified atom stereocenters. The van der Waals surface area contributed by atoms with Crippen molar-refractivity contribution in [3.63, 3.8) is 0 Å². The molecule has 0 saturated carbocycles. The van der Waals surface area contributed by atoms with E-state index in [1.54, 1.807) is 31.9 Å². The summed E-state index contributed by atoms with van der Waals surface area (Å²) in [7, 11) is 0. The van der Waals surface area contributed by atoms with Crippen molar-refractivity contribution in [3.05, 3.63) is 29.6 Å². The fourth-order valence-corrected chi connectivity index (χ4v) is 3.12. The van der Waals surface area contributed by atoms with Crippen molar-refractivity contribution in [2.45, 2.75) is 52.6 Å². The Morgan fingerprint density at radius 1 is 1.21 bits per heavy atom. The topological polar surface area (TPSA) is 101 Å². The van der Waals surface area contributed by atoms with E-state index in [9.17, 15) is 14.4 Å². The van der Waals surface area contributed by atoms with Gasteiger partial charge in [-0.3, -0.25) is 14.6 Å². The molecule has 1 fully saturated rings. The van der Waals surface area contributed by atoms with Crippen LogP contribution in [0, 0.1) is 12.8 Å². The molecular formula is C21H32N4O4. The van der Waals surface area contributed by atoms with Crippen LogP contribution in [-0.2, 0) is 20.7 Å². The molecule has 29 heavy (non-hydrogen) atoms. The lowest BCUT2D eigenvalue weighted by Crippen LogP contribution is -2.47. The highest BCUT2D eigenvalue weighted by Gasteiger charge is 2.28. The number of pyridine rings is 1. The van der Waals surface area contributed by atoms with E-state index in [1.165, 1.54) is 0 Å². The second kappa shape index (κ2) is 10.2. The van der Waals surface area contributed by atoms with Gasteiger partial charge in [-0.1, -0.05) is 6.07 Å². The molecule has 1 atom stereocenters. The van der Waals surface area contributed by atoms with Crippen molar-refractivity contribution in [1.29, 1.82) is 0 Å². The molecule has 2 N–H and O–H groups in total. The van der Waals surface area contributed by atoms with Gasteiger partial charge in [0.1, 0.15) is 5.60 Å². The zero-order valence-corrected chi connectivity index (χ0v) is 17.8. The zero-order valence-electron chi connectivity index (χ0n) is 17.8. The minimum Gasteiger partial charge on any atom is -0.444 e. The number of alkyl carbamates (subject to hydrolysis) is 1. The molecule has 3 amide bonds. The molecule has 2 heterocycles. The third-order valence-corrected chi connectivity index (χ3v) is 4.57. The normalized spacial score (nSPS) is 16.8. The number of likely N-dealkylation sites (tertiary alicyclic amines) is 1. The molecule has 0 radical (unpaired) electrons. The average molecular weight is 405 g/mol. The highest BCUT2D eigenvalue weighted by Crippen LogP contribution is 2.18. The number of carbonyl (C=O) groups is 3. The highest BCUT2D eigenvalue weighted by atomic mass is 16.6. The summed E-state index contributed by atoms with van der Waals surface area (Å²) in [5.74, 6) is -0.310. The van der Waals surface area contributed by atoms with E-state index < -0.39 is 11.7 Å². The van der Waals surface area contributed by atoms with Gasteiger partial charge in [0.05, 0.1) is 12.3 Å². The molecule has 0 bridgehead atoms. The van der Waals surface area contributed by atoms with E-state index in [0.29, 0.717) is 26.1 Å². The molecule has 1 saturated heterocycles. The third-order valence-electron chi connectivity index (χ3n) is 4.57. The van der Waals surface area contributed by atoms with Gasteiger partial charge < -0.3 is 20.3 Å². The van der Waals surface area contributed by atoms with Gasteiger partial charge in [-0.15, -0.1) is 0 Å².